The van der Waals surface area contributed by atoms with Crippen molar-refractivity contribution in [2.45, 2.75) is 87.0 Å². The number of rotatable bonds is 25. The quantitative estimate of drug-likeness (QED) is 0.0282. The molecular weight excluding hydrogens is 961 g/mol. The number of carbonyl (C=O) groups is 2. The number of amides is 2. The van der Waals surface area contributed by atoms with Crippen LogP contribution < -0.4 is 51.7 Å². The van der Waals surface area contributed by atoms with Gasteiger partial charge in [-0.2, -0.15) is 5.10 Å². The second-order valence-corrected chi connectivity index (χ2v) is 17.7. The highest BCUT2D eigenvalue weighted by atomic mass is 16.5. The zero-order chi connectivity index (χ0) is 54.1. The van der Waals surface area contributed by atoms with Crippen molar-refractivity contribution in [2.24, 2.45) is 11.5 Å². The van der Waals surface area contributed by atoms with E-state index < -0.39 is 17.9 Å². The van der Waals surface area contributed by atoms with E-state index in [4.69, 9.17) is 30.4 Å². The summed E-state index contributed by atoms with van der Waals surface area (Å²) >= 11 is 0. The van der Waals surface area contributed by atoms with E-state index in [-0.39, 0.29) is 0 Å². The molecule has 0 aliphatic carbocycles. The Hall–Kier alpha value is -8.25. The highest BCUT2D eigenvalue weighted by Crippen LogP contribution is 2.40. The molecule has 398 valence electrons. The summed E-state index contributed by atoms with van der Waals surface area (Å²) in [5.41, 5.74) is 23.1. The number of pyridine rings is 2. The number of primary amides is 2. The number of anilines is 4. The number of fused-ring (bicyclic) bond motifs is 2. The summed E-state index contributed by atoms with van der Waals surface area (Å²) < 4.78 is 25.0. The summed E-state index contributed by atoms with van der Waals surface area (Å²) in [6.45, 7) is 18.1. The molecule has 76 heavy (non-hydrogen) atoms. The Morgan fingerprint density at radius 2 is 1.07 bits per heavy atom. The second kappa shape index (κ2) is 26.8. The first-order valence-corrected chi connectivity index (χ1v) is 25.9. The first kappa shape index (κ1) is 55.5. The third-order valence-corrected chi connectivity index (χ3v) is 12.5. The van der Waals surface area contributed by atoms with Gasteiger partial charge in [-0.15, -0.1) is 0 Å². The van der Waals surface area contributed by atoms with Crippen LogP contribution in [0.4, 0.5) is 22.7 Å². The molecule has 0 radical (unpaired) electrons. The van der Waals surface area contributed by atoms with Gasteiger partial charge >= 0.3 is 0 Å². The summed E-state index contributed by atoms with van der Waals surface area (Å²) in [7, 11) is 0. The molecule has 0 bridgehead atoms. The monoisotopic (exact) mass is 1030 g/mol. The van der Waals surface area contributed by atoms with Gasteiger partial charge in [0.15, 0.2) is 23.0 Å². The van der Waals surface area contributed by atoms with Crippen LogP contribution in [0.25, 0.3) is 27.5 Å². The molecule has 8 aromatic rings. The Labute approximate surface area is 444 Å². The number of benzene rings is 5. The molecule has 3 heterocycles. The highest BCUT2D eigenvalue weighted by molar-refractivity contribution is 6.09. The van der Waals surface area contributed by atoms with Crippen molar-refractivity contribution in [3.63, 3.8) is 0 Å². The largest absolute Gasteiger partial charge is 0.490 e. The van der Waals surface area contributed by atoms with Crippen LogP contribution in [0.15, 0.2) is 116 Å². The standard InChI is InChI=1S/C33H36N6O3.C26H34N4O4/c1-4-25-23(20-35-19-22-11-13-24(14-12-22)39-16-8-15-37-39)9-7-10-28(25)38-32-26-17-30(41-5-2)31(42-6-3)18-29(26)36-21-27(32)33(34)40;1-5-18-17(14-28-13-16(4)31)9-8-10-21(18)30-25-19-11-23(33-6-2)24(34-7-3)12-22(19)29-15-20(25)26(27)32/h7-18,21,35H,4-6,19-20H2,1-3H3,(H2,34,40)(H,36,38);8-12,15-16,28,31H,5-7,13-14H2,1-4H3,(H2,27,32)(H,29,30). The van der Waals surface area contributed by atoms with Crippen LogP contribution >= 0.6 is 0 Å². The maximum Gasteiger partial charge on any atom is 0.252 e. The van der Waals surface area contributed by atoms with E-state index in [0.29, 0.717) is 108 Å². The predicted molar refractivity (Wildman–Crippen MR) is 301 cm³/mol. The molecule has 2 amide bonds. The van der Waals surface area contributed by atoms with Gasteiger partial charge in [-0.25, -0.2) is 4.68 Å². The van der Waals surface area contributed by atoms with Crippen molar-refractivity contribution in [1.82, 2.24) is 30.4 Å². The van der Waals surface area contributed by atoms with Crippen LogP contribution in [0.2, 0.25) is 0 Å². The van der Waals surface area contributed by atoms with Crippen LogP contribution in [0, 0.1) is 0 Å². The number of aromatic nitrogens is 4. The zero-order valence-electron chi connectivity index (χ0n) is 44.5. The van der Waals surface area contributed by atoms with Crippen molar-refractivity contribution in [3.8, 4) is 28.7 Å². The molecule has 17 heteroatoms. The first-order chi connectivity index (χ1) is 36.9. The van der Waals surface area contributed by atoms with Gasteiger partial charge in [0.05, 0.1) is 71.8 Å². The average Bonchev–Trinajstić information content (AvgIpc) is 3.97. The predicted octanol–water partition coefficient (Wildman–Crippen LogP) is 9.82. The molecule has 0 spiro atoms. The Morgan fingerprint density at radius 1 is 0.605 bits per heavy atom. The topological polar surface area (TPSA) is 235 Å². The lowest BCUT2D eigenvalue weighted by Crippen LogP contribution is -2.24. The van der Waals surface area contributed by atoms with Crippen molar-refractivity contribution < 1.29 is 33.6 Å². The number of carbonyl (C=O) groups excluding carboxylic acids is 2. The van der Waals surface area contributed by atoms with Gasteiger partial charge in [0.1, 0.15) is 0 Å². The van der Waals surface area contributed by atoms with E-state index in [0.717, 1.165) is 58.5 Å². The van der Waals surface area contributed by atoms with Gasteiger partial charge in [0.25, 0.3) is 11.8 Å². The number of aliphatic hydroxyl groups excluding tert-OH is 1. The second-order valence-electron chi connectivity index (χ2n) is 17.7. The minimum Gasteiger partial charge on any atom is -0.490 e. The fourth-order valence-electron chi connectivity index (χ4n) is 9.00. The molecule has 8 rings (SSSR count). The van der Waals surface area contributed by atoms with Crippen LogP contribution in [-0.4, -0.2) is 75.7 Å². The van der Waals surface area contributed by atoms with Gasteiger partial charge in [0.2, 0.25) is 0 Å². The summed E-state index contributed by atoms with van der Waals surface area (Å²) in [5.74, 6) is 1.24. The van der Waals surface area contributed by atoms with Crippen molar-refractivity contribution in [1.29, 1.82) is 0 Å². The van der Waals surface area contributed by atoms with Gasteiger partial charge in [0, 0.05) is 85.2 Å². The molecule has 0 aliphatic rings. The molecule has 17 nitrogen and oxygen atoms in total. The lowest BCUT2D eigenvalue weighted by atomic mass is 10.0. The van der Waals surface area contributed by atoms with E-state index in [9.17, 15) is 14.7 Å². The van der Waals surface area contributed by atoms with Gasteiger partial charge in [-0.3, -0.25) is 19.6 Å². The molecule has 0 saturated heterocycles. The van der Waals surface area contributed by atoms with Crippen LogP contribution in [0.3, 0.4) is 0 Å². The third kappa shape index (κ3) is 13.5. The highest BCUT2D eigenvalue weighted by Gasteiger charge is 2.21. The number of aliphatic hydroxyl groups is 1. The average molecular weight is 1030 g/mol. The molecule has 1 atom stereocenters. The SMILES string of the molecule is CCOc1cc2ncc(C(N)=O)c(Nc3cccc(CNCC(C)O)c3CC)c2cc1OCC.CCOc1cc2ncc(C(N)=O)c(Nc3cccc(CNCc4ccc(-n5cccn5)cc4)c3CC)c2cc1OCC. The molecule has 0 fully saturated rings. The summed E-state index contributed by atoms with van der Waals surface area (Å²) in [4.78, 5) is 33.8. The summed E-state index contributed by atoms with van der Waals surface area (Å²) in [5, 5.41) is 29.1. The Morgan fingerprint density at radius 3 is 1.47 bits per heavy atom. The van der Waals surface area contributed by atoms with E-state index in [1.165, 1.54) is 23.5 Å². The number of hydrogen-bond acceptors (Lipinski definition) is 14. The summed E-state index contributed by atoms with van der Waals surface area (Å²) in [6.07, 6.45) is 7.85. The van der Waals surface area contributed by atoms with Crippen LogP contribution in [-0.2, 0) is 32.5 Å². The molecule has 5 aromatic carbocycles. The number of nitrogens with two attached hydrogens (primary N) is 2. The molecule has 0 saturated carbocycles. The van der Waals surface area contributed by atoms with Crippen molar-refractivity contribution in [2.75, 3.05) is 43.6 Å². The maximum absolute atomic E-state index is 12.5. The van der Waals surface area contributed by atoms with Crippen LogP contribution in [0.1, 0.15) is 97.0 Å². The van der Waals surface area contributed by atoms with E-state index in [1.807, 2.05) is 93.2 Å². The lowest BCUT2D eigenvalue weighted by molar-refractivity contribution is 0.0992. The first-order valence-electron chi connectivity index (χ1n) is 25.9. The smallest absolute Gasteiger partial charge is 0.252 e. The normalized spacial score (nSPS) is 11.4. The van der Waals surface area contributed by atoms with E-state index in [1.54, 1.807) is 13.1 Å². The van der Waals surface area contributed by atoms with Gasteiger partial charge in [-0.1, -0.05) is 50.2 Å². The molecule has 3 aromatic heterocycles. The zero-order valence-corrected chi connectivity index (χ0v) is 44.5. The van der Waals surface area contributed by atoms with Crippen LogP contribution in [0.5, 0.6) is 23.0 Å². The van der Waals surface area contributed by atoms with Gasteiger partial charge < -0.3 is 56.8 Å². The molecule has 0 aliphatic heterocycles. The number of hydrogen-bond donors (Lipinski definition) is 7. The molecule has 9 N–H and O–H groups in total. The number of ether oxygens (including phenoxy) is 4. The van der Waals surface area contributed by atoms with Gasteiger partial charge in [-0.05, 0) is 118 Å². The van der Waals surface area contributed by atoms with Crippen molar-refractivity contribution in [3.05, 3.63) is 155 Å². The fourth-order valence-corrected chi connectivity index (χ4v) is 9.00. The molecule has 1 unspecified atom stereocenters. The minimum atomic E-state index is -0.573. The Balaban J connectivity index is 0.000000227. The lowest BCUT2D eigenvalue weighted by Gasteiger charge is -2.19. The summed E-state index contributed by atoms with van der Waals surface area (Å²) in [6, 6.07) is 29.8. The number of nitrogens with one attached hydrogen (secondary N) is 4. The minimum absolute atomic E-state index is 0.291. The molecular formula is C59H70N10O7. The van der Waals surface area contributed by atoms with Crippen molar-refractivity contribution >= 4 is 56.4 Å². The number of nitrogens with zero attached hydrogens (tertiary/aromatic N) is 4. The fraction of sp³-hybridized carbons (Fsp3) is 0.305. The van der Waals surface area contributed by atoms with E-state index >= 15 is 0 Å². The van der Waals surface area contributed by atoms with E-state index in [2.05, 4.69) is 86.6 Å². The maximum atomic E-state index is 12.5. The Bertz CT molecular complexity index is 3240. The Kier molecular flexibility index (Phi) is 19.6. The third-order valence-electron chi connectivity index (χ3n) is 12.5.